The second-order valence-corrected chi connectivity index (χ2v) is 9.79. The topological polar surface area (TPSA) is 49.4 Å². The number of benzene rings is 2. The van der Waals surface area contributed by atoms with E-state index in [-0.39, 0.29) is 17.9 Å². The third-order valence-electron chi connectivity index (χ3n) is 6.20. The van der Waals surface area contributed by atoms with Crippen LogP contribution in [0.3, 0.4) is 0 Å². The van der Waals surface area contributed by atoms with E-state index < -0.39 is 11.7 Å². The molecule has 1 heterocycles. The van der Waals surface area contributed by atoms with Crippen LogP contribution in [0.4, 0.5) is 18.9 Å². The van der Waals surface area contributed by atoms with Crippen molar-refractivity contribution in [1.29, 1.82) is 0 Å². The Labute approximate surface area is 195 Å². The maximum Gasteiger partial charge on any atom is 0.416 e. The lowest BCUT2D eigenvalue weighted by Gasteiger charge is -2.28. The minimum Gasteiger partial charge on any atom is -0.349 e. The van der Waals surface area contributed by atoms with E-state index in [1.165, 1.54) is 28.8 Å². The number of halogens is 3. The van der Waals surface area contributed by atoms with Gasteiger partial charge in [-0.15, -0.1) is 0 Å². The van der Waals surface area contributed by atoms with Gasteiger partial charge in [0.1, 0.15) is 0 Å². The van der Waals surface area contributed by atoms with Gasteiger partial charge in [-0.05, 0) is 73.6 Å². The van der Waals surface area contributed by atoms with Gasteiger partial charge in [0, 0.05) is 23.5 Å². The molecule has 0 spiro atoms. The van der Waals surface area contributed by atoms with Gasteiger partial charge in [0.2, 0.25) is 0 Å². The van der Waals surface area contributed by atoms with Gasteiger partial charge in [0.05, 0.1) is 16.2 Å². The van der Waals surface area contributed by atoms with Crippen LogP contribution in [-0.2, 0) is 11.0 Å². The van der Waals surface area contributed by atoms with Gasteiger partial charge in [-0.2, -0.15) is 13.2 Å². The molecule has 0 saturated heterocycles. The predicted molar refractivity (Wildman–Crippen MR) is 124 cm³/mol. The van der Waals surface area contributed by atoms with Crippen LogP contribution in [0.1, 0.15) is 54.1 Å². The molecule has 4 nitrogen and oxygen atoms in total. The smallest absolute Gasteiger partial charge is 0.349 e. The summed E-state index contributed by atoms with van der Waals surface area (Å²) < 4.78 is 38.4. The van der Waals surface area contributed by atoms with Gasteiger partial charge in [0.25, 0.3) is 11.8 Å². The highest BCUT2D eigenvalue weighted by Crippen LogP contribution is 2.42. The molecule has 0 atom stereocenters. The lowest BCUT2D eigenvalue weighted by atomic mass is 9.87. The predicted octanol–water partition coefficient (Wildman–Crippen LogP) is 6.12. The van der Waals surface area contributed by atoms with Crippen molar-refractivity contribution in [3.05, 3.63) is 64.1 Å². The van der Waals surface area contributed by atoms with Crippen molar-refractivity contribution in [2.75, 3.05) is 11.9 Å². The molecule has 2 amide bonds. The summed E-state index contributed by atoms with van der Waals surface area (Å²) in [6.45, 7) is 2.23. The number of nitrogens with zero attached hydrogens (tertiary/aromatic N) is 1. The Morgan fingerprint density at radius 1 is 1.09 bits per heavy atom. The Hall–Kier alpha value is -2.74. The number of nitrogens with one attached hydrogen (secondary N) is 1. The fraction of sp³-hybridized carbons (Fsp3) is 0.360. The van der Waals surface area contributed by atoms with Gasteiger partial charge >= 0.3 is 6.18 Å². The molecule has 0 unspecified atom stereocenters. The highest BCUT2D eigenvalue weighted by Gasteiger charge is 2.31. The van der Waals surface area contributed by atoms with Crippen LogP contribution in [0.5, 0.6) is 0 Å². The van der Waals surface area contributed by atoms with E-state index in [2.05, 4.69) is 12.2 Å². The summed E-state index contributed by atoms with van der Waals surface area (Å²) in [6.07, 6.45) is 1.35. The zero-order chi connectivity index (χ0) is 23.8. The number of carbonyl (C=O) groups is 2. The average Bonchev–Trinajstić information content (AvgIpc) is 2.78. The first-order chi connectivity index (χ1) is 15.6. The molecule has 2 aromatic carbocycles. The third-order valence-corrected chi connectivity index (χ3v) is 7.28. The highest BCUT2D eigenvalue weighted by atomic mass is 32.2. The van der Waals surface area contributed by atoms with Crippen LogP contribution in [0, 0.1) is 5.92 Å². The summed E-state index contributed by atoms with van der Waals surface area (Å²) in [5.41, 5.74) is 0.916. The Morgan fingerprint density at radius 3 is 2.39 bits per heavy atom. The molecule has 1 aliphatic heterocycles. The SMILES string of the molecule is CC1CCC(NC(=O)c2ccc3c(c2)N(C)C(=O)/C(=C/c2ccc(C(F)(F)F)cc2)S3)CC1. The molecule has 0 bridgehead atoms. The normalized spacial score (nSPS) is 22.3. The van der Waals surface area contributed by atoms with Gasteiger partial charge in [-0.3, -0.25) is 9.59 Å². The van der Waals surface area contributed by atoms with E-state index >= 15 is 0 Å². The highest BCUT2D eigenvalue weighted by molar-refractivity contribution is 8.04. The average molecular weight is 475 g/mol. The van der Waals surface area contributed by atoms with Crippen LogP contribution in [0.2, 0.25) is 0 Å². The van der Waals surface area contributed by atoms with E-state index in [4.69, 9.17) is 0 Å². The summed E-state index contributed by atoms with van der Waals surface area (Å²) in [4.78, 5) is 28.3. The summed E-state index contributed by atoms with van der Waals surface area (Å²) in [7, 11) is 1.63. The van der Waals surface area contributed by atoms with Crippen LogP contribution in [-0.4, -0.2) is 24.9 Å². The number of alkyl halides is 3. The maximum atomic E-state index is 12.9. The zero-order valence-electron chi connectivity index (χ0n) is 18.4. The number of thioether (sulfide) groups is 1. The van der Waals surface area contributed by atoms with E-state index in [1.54, 1.807) is 31.3 Å². The minimum absolute atomic E-state index is 0.144. The summed E-state index contributed by atoms with van der Waals surface area (Å²) >= 11 is 1.25. The number of rotatable bonds is 3. The standard InChI is InChI=1S/C25H25F3N2O2S/c1-15-3-10-19(11-4-15)29-23(31)17-7-12-21-20(14-17)30(2)24(32)22(33-21)13-16-5-8-18(9-6-16)25(26,27)28/h5-9,12-15,19H,3-4,10-11H2,1-2H3,(H,29,31)/b22-13-. The summed E-state index contributed by atoms with van der Waals surface area (Å²) in [6, 6.07) is 10.1. The Kier molecular flexibility index (Phi) is 6.56. The molecule has 1 saturated carbocycles. The van der Waals surface area contributed by atoms with Crippen molar-refractivity contribution < 1.29 is 22.8 Å². The Morgan fingerprint density at radius 2 is 1.76 bits per heavy atom. The maximum absolute atomic E-state index is 12.9. The molecule has 0 radical (unpaired) electrons. The van der Waals surface area contributed by atoms with Crippen LogP contribution in [0.15, 0.2) is 52.3 Å². The first kappa shape index (κ1) is 23.4. The molecular weight excluding hydrogens is 449 g/mol. The van der Waals surface area contributed by atoms with Crippen molar-refractivity contribution in [2.45, 2.75) is 49.7 Å². The molecule has 2 aromatic rings. The Bertz CT molecular complexity index is 1090. The molecule has 174 valence electrons. The van der Waals surface area contributed by atoms with Gasteiger partial charge < -0.3 is 10.2 Å². The van der Waals surface area contributed by atoms with Crippen molar-refractivity contribution in [3.8, 4) is 0 Å². The number of hydrogen-bond donors (Lipinski definition) is 1. The first-order valence-corrected chi connectivity index (χ1v) is 11.7. The van der Waals surface area contributed by atoms with Crippen LogP contribution < -0.4 is 10.2 Å². The summed E-state index contributed by atoms with van der Waals surface area (Å²) in [5, 5.41) is 3.10. The van der Waals surface area contributed by atoms with E-state index in [0.29, 0.717) is 27.6 Å². The molecule has 1 fully saturated rings. The molecule has 4 rings (SSSR count). The van der Waals surface area contributed by atoms with Crippen molar-refractivity contribution in [2.24, 2.45) is 5.92 Å². The van der Waals surface area contributed by atoms with E-state index in [9.17, 15) is 22.8 Å². The summed E-state index contributed by atoms with van der Waals surface area (Å²) in [5.74, 6) is 0.281. The molecule has 0 aromatic heterocycles. The van der Waals surface area contributed by atoms with Crippen LogP contribution >= 0.6 is 11.8 Å². The van der Waals surface area contributed by atoms with E-state index in [1.807, 2.05) is 0 Å². The van der Waals surface area contributed by atoms with Crippen molar-refractivity contribution >= 4 is 35.3 Å². The fourth-order valence-electron chi connectivity index (χ4n) is 4.13. The Balaban J connectivity index is 1.51. The molecule has 1 N–H and O–H groups in total. The number of amides is 2. The quantitative estimate of drug-likeness (QED) is 0.545. The molecule has 1 aliphatic carbocycles. The monoisotopic (exact) mass is 474 g/mol. The van der Waals surface area contributed by atoms with Crippen LogP contribution in [0.25, 0.3) is 6.08 Å². The number of fused-ring (bicyclic) bond motifs is 1. The largest absolute Gasteiger partial charge is 0.416 e. The number of anilines is 1. The molecule has 33 heavy (non-hydrogen) atoms. The van der Waals surface area contributed by atoms with Crippen molar-refractivity contribution in [1.82, 2.24) is 5.32 Å². The molecular formula is C25H25F3N2O2S. The van der Waals surface area contributed by atoms with Gasteiger partial charge in [-0.25, -0.2) is 0 Å². The first-order valence-electron chi connectivity index (χ1n) is 10.9. The van der Waals surface area contributed by atoms with E-state index in [0.717, 1.165) is 42.7 Å². The molecule has 2 aliphatic rings. The number of hydrogen-bond acceptors (Lipinski definition) is 3. The minimum atomic E-state index is -4.40. The second-order valence-electron chi connectivity index (χ2n) is 8.71. The number of carbonyl (C=O) groups excluding carboxylic acids is 2. The lowest BCUT2D eigenvalue weighted by Crippen LogP contribution is -2.37. The fourth-order valence-corrected chi connectivity index (χ4v) is 5.22. The lowest BCUT2D eigenvalue weighted by molar-refractivity contribution is -0.137. The zero-order valence-corrected chi connectivity index (χ0v) is 19.2. The third kappa shape index (κ3) is 5.27. The molecule has 8 heteroatoms. The van der Waals surface area contributed by atoms with Gasteiger partial charge in [0.15, 0.2) is 0 Å². The van der Waals surface area contributed by atoms with Crippen molar-refractivity contribution in [3.63, 3.8) is 0 Å². The second kappa shape index (κ2) is 9.25. The van der Waals surface area contributed by atoms with Gasteiger partial charge in [-0.1, -0.05) is 30.8 Å². The number of likely N-dealkylation sites (N-methyl/N-ethyl adjacent to an activating group) is 1.